The van der Waals surface area contributed by atoms with E-state index in [0.29, 0.717) is 5.56 Å². The molecule has 0 aliphatic rings. The van der Waals surface area contributed by atoms with Crippen molar-refractivity contribution >= 4 is 17.4 Å². The van der Waals surface area contributed by atoms with Crippen LogP contribution in [0.2, 0.25) is 0 Å². The number of nitro groups is 1. The number of ether oxygens (including phenoxy) is 2. The molecule has 7 nitrogen and oxygen atoms in total. The van der Waals surface area contributed by atoms with Crippen molar-refractivity contribution in [2.45, 2.75) is 0 Å². The van der Waals surface area contributed by atoms with E-state index in [0.717, 1.165) is 0 Å². The van der Waals surface area contributed by atoms with Crippen LogP contribution in [0.5, 0.6) is 11.5 Å². The summed E-state index contributed by atoms with van der Waals surface area (Å²) < 4.78 is 10.2. The Hall–Kier alpha value is -4.00. The Morgan fingerprint density at radius 1 is 0.857 bits per heavy atom. The maximum absolute atomic E-state index is 12.5. The van der Waals surface area contributed by atoms with Crippen molar-refractivity contribution in [3.05, 3.63) is 99.6 Å². The molecule has 0 unspecified atom stereocenters. The lowest BCUT2D eigenvalue weighted by atomic mass is 10.0. The van der Waals surface area contributed by atoms with Crippen LogP contribution in [-0.4, -0.2) is 23.8 Å². The van der Waals surface area contributed by atoms with Gasteiger partial charge in [0.1, 0.15) is 5.75 Å². The van der Waals surface area contributed by atoms with Crippen molar-refractivity contribution in [2.24, 2.45) is 0 Å². The molecule has 0 radical (unpaired) electrons. The molecule has 0 aliphatic carbocycles. The van der Waals surface area contributed by atoms with Gasteiger partial charge in [-0.15, -0.1) is 0 Å². The Morgan fingerprint density at radius 2 is 1.57 bits per heavy atom. The summed E-state index contributed by atoms with van der Waals surface area (Å²) in [6.07, 6.45) is 0. The van der Waals surface area contributed by atoms with Crippen molar-refractivity contribution < 1.29 is 24.0 Å². The quantitative estimate of drug-likeness (QED) is 0.273. The SMILES string of the molecule is COC(=O)c1cccc(Oc2ccc(C(=O)c3ccccc3)cc2[N+](=O)[O-])c1. The van der Waals surface area contributed by atoms with E-state index in [1.165, 1.54) is 37.4 Å². The Labute approximate surface area is 160 Å². The molecule has 0 saturated heterocycles. The minimum Gasteiger partial charge on any atom is -0.465 e. The van der Waals surface area contributed by atoms with Crippen LogP contribution >= 0.6 is 0 Å². The molecule has 7 heteroatoms. The molecule has 0 atom stereocenters. The number of benzene rings is 3. The van der Waals surface area contributed by atoms with Gasteiger partial charge in [-0.3, -0.25) is 14.9 Å². The average molecular weight is 377 g/mol. The van der Waals surface area contributed by atoms with Crippen molar-refractivity contribution in [1.29, 1.82) is 0 Å². The summed E-state index contributed by atoms with van der Waals surface area (Å²) in [5.41, 5.74) is 0.494. The highest BCUT2D eigenvalue weighted by Crippen LogP contribution is 2.33. The Bertz CT molecular complexity index is 1050. The lowest BCUT2D eigenvalue weighted by Gasteiger charge is -2.09. The summed E-state index contributed by atoms with van der Waals surface area (Å²) in [4.78, 5) is 35.0. The highest BCUT2D eigenvalue weighted by molar-refractivity contribution is 6.09. The number of ketones is 1. The Morgan fingerprint density at radius 3 is 2.25 bits per heavy atom. The smallest absolute Gasteiger partial charge is 0.337 e. The van der Waals surface area contributed by atoms with E-state index in [1.54, 1.807) is 42.5 Å². The third-order valence-electron chi connectivity index (χ3n) is 3.94. The summed E-state index contributed by atoms with van der Waals surface area (Å²) in [5, 5.41) is 11.5. The van der Waals surface area contributed by atoms with Crippen molar-refractivity contribution in [3.63, 3.8) is 0 Å². The number of carbonyl (C=O) groups excluding carboxylic acids is 2. The summed E-state index contributed by atoms with van der Waals surface area (Å²) in [6, 6.07) is 18.6. The Kier molecular flexibility index (Phi) is 5.45. The zero-order chi connectivity index (χ0) is 20.1. The number of methoxy groups -OCH3 is 1. The zero-order valence-electron chi connectivity index (χ0n) is 14.8. The van der Waals surface area contributed by atoms with E-state index in [-0.39, 0.29) is 34.1 Å². The number of carbonyl (C=O) groups is 2. The molecule has 0 saturated carbocycles. The molecule has 0 aromatic heterocycles. The second kappa shape index (κ2) is 8.13. The zero-order valence-corrected chi connectivity index (χ0v) is 14.8. The van der Waals surface area contributed by atoms with Gasteiger partial charge in [0.15, 0.2) is 5.78 Å². The molecule has 0 bridgehead atoms. The molecular weight excluding hydrogens is 362 g/mol. The molecule has 3 aromatic carbocycles. The van der Waals surface area contributed by atoms with E-state index >= 15 is 0 Å². The highest BCUT2D eigenvalue weighted by Gasteiger charge is 2.20. The van der Waals surface area contributed by atoms with Gasteiger partial charge in [0, 0.05) is 17.2 Å². The van der Waals surface area contributed by atoms with Crippen LogP contribution in [0.4, 0.5) is 5.69 Å². The van der Waals surface area contributed by atoms with E-state index in [4.69, 9.17) is 4.74 Å². The van der Waals surface area contributed by atoms with Crippen LogP contribution < -0.4 is 4.74 Å². The van der Waals surface area contributed by atoms with Crippen molar-refractivity contribution in [3.8, 4) is 11.5 Å². The fourth-order valence-corrected chi connectivity index (χ4v) is 2.58. The van der Waals surface area contributed by atoms with Gasteiger partial charge in [0.05, 0.1) is 17.6 Å². The molecular formula is C21H15NO6. The average Bonchev–Trinajstić information content (AvgIpc) is 2.73. The van der Waals surface area contributed by atoms with Gasteiger partial charge in [0.25, 0.3) is 0 Å². The predicted octanol–water partition coefficient (Wildman–Crippen LogP) is 4.40. The first-order chi connectivity index (χ1) is 13.5. The second-order valence-corrected chi connectivity index (χ2v) is 5.76. The van der Waals surface area contributed by atoms with Crippen LogP contribution in [0.15, 0.2) is 72.8 Å². The number of nitro benzene ring substituents is 1. The first kappa shape index (κ1) is 18.8. The fourth-order valence-electron chi connectivity index (χ4n) is 2.58. The topological polar surface area (TPSA) is 95.7 Å². The number of hydrogen-bond acceptors (Lipinski definition) is 6. The minimum absolute atomic E-state index is 0.0448. The molecule has 28 heavy (non-hydrogen) atoms. The van der Waals surface area contributed by atoms with E-state index in [1.807, 2.05) is 0 Å². The maximum Gasteiger partial charge on any atom is 0.337 e. The third kappa shape index (κ3) is 4.04. The van der Waals surface area contributed by atoms with Gasteiger partial charge in [-0.25, -0.2) is 4.79 Å². The maximum atomic E-state index is 12.5. The van der Waals surface area contributed by atoms with Gasteiger partial charge in [-0.1, -0.05) is 36.4 Å². The molecule has 3 aromatic rings. The first-order valence-corrected chi connectivity index (χ1v) is 8.24. The van der Waals surface area contributed by atoms with Crippen LogP contribution in [0.25, 0.3) is 0 Å². The van der Waals surface area contributed by atoms with Crippen molar-refractivity contribution in [2.75, 3.05) is 7.11 Å². The van der Waals surface area contributed by atoms with E-state index in [9.17, 15) is 19.7 Å². The molecule has 0 amide bonds. The minimum atomic E-state index is -0.624. The molecule has 0 N–H and O–H groups in total. The van der Waals surface area contributed by atoms with Gasteiger partial charge < -0.3 is 9.47 Å². The molecule has 3 rings (SSSR count). The summed E-state index contributed by atoms with van der Waals surface area (Å²) in [7, 11) is 1.25. The second-order valence-electron chi connectivity index (χ2n) is 5.76. The third-order valence-corrected chi connectivity index (χ3v) is 3.94. The van der Waals surface area contributed by atoms with Crippen LogP contribution in [0.3, 0.4) is 0 Å². The number of nitrogens with zero attached hydrogens (tertiary/aromatic N) is 1. The van der Waals surface area contributed by atoms with Gasteiger partial charge in [-0.2, -0.15) is 0 Å². The van der Waals surface area contributed by atoms with Gasteiger partial charge in [0.2, 0.25) is 5.75 Å². The highest BCUT2D eigenvalue weighted by atomic mass is 16.6. The molecule has 0 heterocycles. The van der Waals surface area contributed by atoms with Crippen molar-refractivity contribution in [1.82, 2.24) is 0 Å². The van der Waals surface area contributed by atoms with Gasteiger partial charge >= 0.3 is 11.7 Å². The van der Waals surface area contributed by atoms with Crippen LogP contribution in [-0.2, 0) is 4.74 Å². The number of rotatable bonds is 6. The number of esters is 1. The number of hydrogen-bond donors (Lipinski definition) is 0. The first-order valence-electron chi connectivity index (χ1n) is 8.24. The lowest BCUT2D eigenvalue weighted by Crippen LogP contribution is -2.03. The fraction of sp³-hybridized carbons (Fsp3) is 0.0476. The van der Waals surface area contributed by atoms with E-state index < -0.39 is 10.9 Å². The van der Waals surface area contributed by atoms with E-state index in [2.05, 4.69) is 4.74 Å². The summed E-state index contributed by atoms with van der Waals surface area (Å²) >= 11 is 0. The standard InChI is InChI=1S/C21H15NO6/c1-27-21(24)16-8-5-9-17(12-16)28-19-11-10-15(13-18(19)22(25)26)20(23)14-6-3-2-4-7-14/h2-13H,1H3. The molecule has 0 fully saturated rings. The summed E-state index contributed by atoms with van der Waals surface area (Å²) in [5.74, 6) is -0.698. The van der Waals surface area contributed by atoms with Crippen LogP contribution in [0.1, 0.15) is 26.3 Å². The monoisotopic (exact) mass is 377 g/mol. The normalized spacial score (nSPS) is 10.2. The molecule has 0 spiro atoms. The van der Waals surface area contributed by atoms with Gasteiger partial charge in [-0.05, 0) is 30.3 Å². The Balaban J connectivity index is 1.93. The molecule has 0 aliphatic heterocycles. The molecule has 140 valence electrons. The summed E-state index contributed by atoms with van der Waals surface area (Å²) in [6.45, 7) is 0. The lowest BCUT2D eigenvalue weighted by molar-refractivity contribution is -0.385. The predicted molar refractivity (Wildman–Crippen MR) is 101 cm³/mol. The van der Waals surface area contributed by atoms with Crippen LogP contribution in [0, 0.1) is 10.1 Å². The largest absolute Gasteiger partial charge is 0.465 e.